The standard InChI is InChI=1S/C16H18N4OS/c1-3-15(21)20-8-4-5-13(20)12-10-22-16(18-12)19-14-7-6-11(2)9-17-14/h3,6-7,9-10,13H,1,4-5,8H2,2H3,(H,17,18,19). The van der Waals surface area contributed by atoms with Gasteiger partial charge in [0.1, 0.15) is 5.82 Å². The zero-order valence-corrected chi connectivity index (χ0v) is 13.3. The first-order chi connectivity index (χ1) is 10.7. The highest BCUT2D eigenvalue weighted by Gasteiger charge is 2.30. The second-order valence-corrected chi connectivity index (χ2v) is 6.18. The Morgan fingerprint density at radius 3 is 3.14 bits per heavy atom. The minimum atomic E-state index is -0.0230. The molecule has 1 N–H and O–H groups in total. The van der Waals surface area contributed by atoms with Crippen molar-refractivity contribution in [3.63, 3.8) is 0 Å². The van der Waals surface area contributed by atoms with E-state index in [4.69, 9.17) is 0 Å². The van der Waals surface area contributed by atoms with Crippen molar-refractivity contribution in [1.82, 2.24) is 14.9 Å². The topological polar surface area (TPSA) is 58.1 Å². The van der Waals surface area contributed by atoms with Gasteiger partial charge in [-0.25, -0.2) is 9.97 Å². The molecule has 1 fully saturated rings. The summed E-state index contributed by atoms with van der Waals surface area (Å²) in [4.78, 5) is 22.7. The van der Waals surface area contributed by atoms with Gasteiger partial charge in [0.2, 0.25) is 5.91 Å². The molecule has 5 nitrogen and oxygen atoms in total. The van der Waals surface area contributed by atoms with Gasteiger partial charge in [0, 0.05) is 18.1 Å². The average Bonchev–Trinajstić information content (AvgIpc) is 3.17. The summed E-state index contributed by atoms with van der Waals surface area (Å²) in [5.74, 6) is 0.752. The Labute approximate surface area is 133 Å². The quantitative estimate of drug-likeness (QED) is 0.878. The second-order valence-electron chi connectivity index (χ2n) is 5.32. The minimum Gasteiger partial charge on any atom is -0.331 e. The first-order valence-corrected chi connectivity index (χ1v) is 8.13. The van der Waals surface area contributed by atoms with Crippen LogP contribution in [0.4, 0.5) is 10.9 Å². The molecule has 0 radical (unpaired) electrons. The summed E-state index contributed by atoms with van der Waals surface area (Å²) in [6, 6.07) is 3.99. The maximum atomic E-state index is 11.9. The van der Waals surface area contributed by atoms with Gasteiger partial charge in [-0.15, -0.1) is 11.3 Å². The maximum Gasteiger partial charge on any atom is 0.246 e. The number of carbonyl (C=O) groups excluding carboxylic acids is 1. The van der Waals surface area contributed by atoms with Crippen molar-refractivity contribution < 1.29 is 4.79 Å². The molecule has 0 bridgehead atoms. The van der Waals surface area contributed by atoms with E-state index in [0.717, 1.165) is 41.6 Å². The number of carbonyl (C=O) groups is 1. The van der Waals surface area contributed by atoms with Gasteiger partial charge in [-0.1, -0.05) is 12.6 Å². The number of nitrogens with one attached hydrogen (secondary N) is 1. The number of hydrogen-bond donors (Lipinski definition) is 1. The SMILES string of the molecule is C=CC(=O)N1CCCC1c1csc(Nc2ccc(C)cn2)n1. The fourth-order valence-electron chi connectivity index (χ4n) is 2.60. The van der Waals surface area contributed by atoms with E-state index in [0.29, 0.717) is 0 Å². The van der Waals surface area contributed by atoms with Crippen molar-refractivity contribution in [1.29, 1.82) is 0 Å². The molecular weight excluding hydrogens is 296 g/mol. The summed E-state index contributed by atoms with van der Waals surface area (Å²) in [5, 5.41) is 6.01. The van der Waals surface area contributed by atoms with E-state index in [2.05, 4.69) is 21.9 Å². The lowest BCUT2D eigenvalue weighted by molar-refractivity contribution is -0.126. The monoisotopic (exact) mass is 314 g/mol. The Balaban J connectivity index is 1.74. The van der Waals surface area contributed by atoms with Crippen molar-refractivity contribution >= 4 is 28.2 Å². The summed E-state index contributed by atoms with van der Waals surface area (Å²) >= 11 is 1.53. The molecular formula is C16H18N4OS. The molecule has 114 valence electrons. The summed E-state index contributed by atoms with van der Waals surface area (Å²) in [6.07, 6.45) is 5.15. The van der Waals surface area contributed by atoms with Gasteiger partial charge >= 0.3 is 0 Å². The van der Waals surface area contributed by atoms with Gasteiger partial charge in [0.05, 0.1) is 11.7 Å². The number of rotatable bonds is 4. The van der Waals surface area contributed by atoms with Gasteiger partial charge in [0.15, 0.2) is 5.13 Å². The Bertz CT molecular complexity index is 680. The number of thiazole rings is 1. The minimum absolute atomic E-state index is 0.0230. The van der Waals surface area contributed by atoms with Crippen molar-refractivity contribution in [2.24, 2.45) is 0 Å². The van der Waals surface area contributed by atoms with Gasteiger partial charge in [0.25, 0.3) is 0 Å². The van der Waals surface area contributed by atoms with Crippen LogP contribution in [0.3, 0.4) is 0 Å². The van der Waals surface area contributed by atoms with E-state index in [1.54, 1.807) is 0 Å². The van der Waals surface area contributed by atoms with Crippen LogP contribution in [0.15, 0.2) is 36.4 Å². The van der Waals surface area contributed by atoms with Crippen molar-refractivity contribution in [2.45, 2.75) is 25.8 Å². The average molecular weight is 314 g/mol. The van der Waals surface area contributed by atoms with Crippen LogP contribution >= 0.6 is 11.3 Å². The summed E-state index contributed by atoms with van der Waals surface area (Å²) in [7, 11) is 0. The molecule has 2 aromatic heterocycles. The molecule has 1 aliphatic rings. The second kappa shape index (κ2) is 6.27. The van der Waals surface area contributed by atoms with Crippen LogP contribution in [0.1, 0.15) is 30.1 Å². The third kappa shape index (κ3) is 3.01. The number of pyridine rings is 1. The van der Waals surface area contributed by atoms with Crippen LogP contribution in [0.2, 0.25) is 0 Å². The van der Waals surface area contributed by atoms with E-state index in [1.807, 2.05) is 35.5 Å². The molecule has 1 atom stereocenters. The normalized spacial score (nSPS) is 17.5. The third-order valence-corrected chi connectivity index (χ3v) is 4.50. The lowest BCUT2D eigenvalue weighted by Gasteiger charge is -2.21. The predicted molar refractivity (Wildman–Crippen MR) is 88.3 cm³/mol. The van der Waals surface area contributed by atoms with Crippen molar-refractivity contribution in [3.05, 3.63) is 47.6 Å². The highest BCUT2D eigenvalue weighted by Crippen LogP contribution is 2.34. The maximum absolute atomic E-state index is 11.9. The Morgan fingerprint density at radius 1 is 1.55 bits per heavy atom. The highest BCUT2D eigenvalue weighted by atomic mass is 32.1. The van der Waals surface area contributed by atoms with Gasteiger partial charge < -0.3 is 10.2 Å². The van der Waals surface area contributed by atoms with Gasteiger partial charge in [-0.3, -0.25) is 4.79 Å². The van der Waals surface area contributed by atoms with E-state index >= 15 is 0 Å². The number of hydrogen-bond acceptors (Lipinski definition) is 5. The third-order valence-electron chi connectivity index (χ3n) is 3.72. The van der Waals surface area contributed by atoms with Gasteiger partial charge in [-0.05, 0) is 37.5 Å². The summed E-state index contributed by atoms with van der Waals surface area (Å²) < 4.78 is 0. The van der Waals surface area contributed by atoms with E-state index in [9.17, 15) is 4.79 Å². The molecule has 0 aliphatic carbocycles. The number of aryl methyl sites for hydroxylation is 1. The molecule has 1 aliphatic heterocycles. The summed E-state index contributed by atoms with van der Waals surface area (Å²) in [6.45, 7) is 6.35. The molecule has 3 heterocycles. The molecule has 6 heteroatoms. The van der Waals surface area contributed by atoms with Crippen molar-refractivity contribution in [2.75, 3.05) is 11.9 Å². The molecule has 0 saturated carbocycles. The van der Waals surface area contributed by atoms with Crippen LogP contribution in [-0.4, -0.2) is 27.3 Å². The molecule has 0 aromatic carbocycles. The molecule has 2 aromatic rings. The van der Waals surface area contributed by atoms with Crippen LogP contribution in [0, 0.1) is 6.92 Å². The lowest BCUT2D eigenvalue weighted by atomic mass is 10.2. The number of aromatic nitrogens is 2. The lowest BCUT2D eigenvalue weighted by Crippen LogP contribution is -2.28. The zero-order chi connectivity index (χ0) is 15.5. The number of anilines is 2. The van der Waals surface area contributed by atoms with E-state index in [-0.39, 0.29) is 11.9 Å². The first kappa shape index (κ1) is 14.7. The van der Waals surface area contributed by atoms with Crippen LogP contribution in [0.25, 0.3) is 0 Å². The summed E-state index contributed by atoms with van der Waals surface area (Å²) in [5.41, 5.74) is 2.06. The zero-order valence-electron chi connectivity index (χ0n) is 12.5. The predicted octanol–water partition coefficient (Wildman–Crippen LogP) is 3.44. The van der Waals surface area contributed by atoms with E-state index in [1.165, 1.54) is 17.4 Å². The molecule has 1 saturated heterocycles. The molecule has 0 spiro atoms. The van der Waals surface area contributed by atoms with Crippen LogP contribution < -0.4 is 5.32 Å². The van der Waals surface area contributed by atoms with Gasteiger partial charge in [-0.2, -0.15) is 0 Å². The van der Waals surface area contributed by atoms with Crippen LogP contribution in [-0.2, 0) is 4.79 Å². The number of nitrogens with zero attached hydrogens (tertiary/aromatic N) is 3. The Morgan fingerprint density at radius 2 is 2.41 bits per heavy atom. The number of likely N-dealkylation sites (tertiary alicyclic amines) is 1. The molecule has 22 heavy (non-hydrogen) atoms. The molecule has 1 amide bonds. The molecule has 1 unspecified atom stereocenters. The van der Waals surface area contributed by atoms with E-state index < -0.39 is 0 Å². The fourth-order valence-corrected chi connectivity index (χ4v) is 3.37. The first-order valence-electron chi connectivity index (χ1n) is 7.25. The smallest absolute Gasteiger partial charge is 0.246 e. The highest BCUT2D eigenvalue weighted by molar-refractivity contribution is 7.13. The largest absolute Gasteiger partial charge is 0.331 e. The fraction of sp³-hybridized carbons (Fsp3) is 0.312. The Hall–Kier alpha value is -2.21. The number of amides is 1. The van der Waals surface area contributed by atoms with Crippen molar-refractivity contribution in [3.8, 4) is 0 Å². The molecule has 3 rings (SSSR count). The van der Waals surface area contributed by atoms with Crippen LogP contribution in [0.5, 0.6) is 0 Å². The Kier molecular flexibility index (Phi) is 4.20.